The van der Waals surface area contributed by atoms with Gasteiger partial charge in [0.25, 0.3) is 0 Å². The zero-order valence-electron chi connectivity index (χ0n) is 25.6. The SMILES string of the molecule is COc1cc(C(=O)CCC(C)(O)c2cc(-c3ccc(F)cc3)c3c(c2)C(C)(NS(=O)C(C)(C)C)CO3)ccc1OC1CC1. The standard InChI is InChI=1S/C34H40FNO6S/c1-32(2,3)43(39)36-33(4)20-41-31-26(21-7-10-24(35)11-8-21)18-23(19-27(31)33)34(5,38)16-15-28(37)22-9-14-29(30(17-22)40-6)42-25-12-13-25/h7-11,14,17-19,25,36,38H,12-13,15-16,20H2,1-6H3. The predicted octanol–water partition coefficient (Wildman–Crippen LogP) is 6.57. The number of ketones is 1. The number of benzene rings is 3. The summed E-state index contributed by atoms with van der Waals surface area (Å²) in [4.78, 5) is 13.3. The Bertz CT molecular complexity index is 1540. The third-order valence-corrected chi connectivity index (χ3v) is 9.73. The maximum atomic E-state index is 13.8. The molecular weight excluding hydrogens is 569 g/mol. The first-order chi connectivity index (χ1) is 20.2. The van der Waals surface area contributed by atoms with Crippen LogP contribution in [0.3, 0.4) is 0 Å². The average molecular weight is 610 g/mol. The molecule has 3 atom stereocenters. The highest BCUT2D eigenvalue weighted by atomic mass is 32.2. The van der Waals surface area contributed by atoms with E-state index in [1.54, 1.807) is 44.4 Å². The molecule has 0 bridgehead atoms. The van der Waals surface area contributed by atoms with E-state index in [4.69, 9.17) is 14.2 Å². The van der Waals surface area contributed by atoms with Crippen LogP contribution in [0.1, 0.15) is 81.8 Å². The topological polar surface area (TPSA) is 94.1 Å². The van der Waals surface area contributed by atoms with E-state index in [0.29, 0.717) is 39.5 Å². The number of carbonyl (C=O) groups is 1. The van der Waals surface area contributed by atoms with Crippen molar-refractivity contribution in [1.29, 1.82) is 0 Å². The summed E-state index contributed by atoms with van der Waals surface area (Å²) in [5.74, 6) is 1.22. The van der Waals surface area contributed by atoms with Gasteiger partial charge in [-0.15, -0.1) is 0 Å². The summed E-state index contributed by atoms with van der Waals surface area (Å²) in [5.41, 5.74) is 0.978. The second kappa shape index (κ2) is 11.7. The molecule has 3 aromatic rings. The number of hydrogen-bond acceptors (Lipinski definition) is 6. The first-order valence-corrected chi connectivity index (χ1v) is 15.7. The Morgan fingerprint density at radius 1 is 1.09 bits per heavy atom. The van der Waals surface area contributed by atoms with Gasteiger partial charge in [0, 0.05) is 23.1 Å². The van der Waals surface area contributed by atoms with Gasteiger partial charge in [-0.1, -0.05) is 12.1 Å². The van der Waals surface area contributed by atoms with Crippen LogP contribution in [0.2, 0.25) is 0 Å². The third-order valence-electron chi connectivity index (χ3n) is 7.98. The average Bonchev–Trinajstić information content (AvgIpc) is 3.72. The number of ether oxygens (including phenoxy) is 3. The number of aliphatic hydroxyl groups is 1. The maximum absolute atomic E-state index is 13.8. The van der Waals surface area contributed by atoms with Crippen LogP contribution >= 0.6 is 0 Å². The zero-order chi connectivity index (χ0) is 31.2. The van der Waals surface area contributed by atoms with E-state index < -0.39 is 26.9 Å². The Morgan fingerprint density at radius 3 is 2.42 bits per heavy atom. The molecule has 0 saturated heterocycles. The number of methoxy groups -OCH3 is 1. The summed E-state index contributed by atoms with van der Waals surface area (Å²) in [6.07, 6.45) is 2.46. The molecule has 1 heterocycles. The van der Waals surface area contributed by atoms with E-state index >= 15 is 0 Å². The summed E-state index contributed by atoms with van der Waals surface area (Å²) in [6.45, 7) is 9.50. The van der Waals surface area contributed by atoms with Crippen molar-refractivity contribution in [3.8, 4) is 28.4 Å². The molecule has 230 valence electrons. The van der Waals surface area contributed by atoms with Gasteiger partial charge in [-0.2, -0.15) is 0 Å². The normalized spacial score (nSPS) is 20.1. The van der Waals surface area contributed by atoms with Gasteiger partial charge in [-0.25, -0.2) is 13.3 Å². The lowest BCUT2D eigenvalue weighted by molar-refractivity contribution is 0.0436. The molecule has 3 aromatic carbocycles. The number of hydrogen-bond donors (Lipinski definition) is 2. The number of Topliss-reactive ketones (excluding diaryl/α,β-unsaturated/α-hetero) is 1. The highest BCUT2D eigenvalue weighted by Gasteiger charge is 2.42. The van der Waals surface area contributed by atoms with Crippen LogP contribution in [-0.4, -0.2) is 39.7 Å². The second-order valence-electron chi connectivity index (χ2n) is 12.9. The fourth-order valence-electron chi connectivity index (χ4n) is 5.03. The number of nitrogens with one attached hydrogen (secondary N) is 1. The van der Waals surface area contributed by atoms with Crippen molar-refractivity contribution < 1.29 is 32.7 Å². The largest absolute Gasteiger partial charge is 0.493 e. The Balaban J connectivity index is 1.45. The molecule has 1 aliphatic heterocycles. The van der Waals surface area contributed by atoms with Crippen molar-refractivity contribution >= 4 is 16.8 Å². The van der Waals surface area contributed by atoms with Gasteiger partial charge >= 0.3 is 0 Å². The molecular formula is C34H40FNO6S. The molecule has 5 rings (SSSR count). The fourth-order valence-corrected chi connectivity index (χ4v) is 5.92. The summed E-state index contributed by atoms with van der Waals surface area (Å²) >= 11 is 0. The van der Waals surface area contributed by atoms with Crippen LogP contribution < -0.4 is 18.9 Å². The molecule has 0 spiro atoms. The minimum atomic E-state index is -1.40. The minimum absolute atomic E-state index is 0.0853. The van der Waals surface area contributed by atoms with Crippen LogP contribution in [0, 0.1) is 5.82 Å². The Morgan fingerprint density at radius 2 is 1.79 bits per heavy atom. The predicted molar refractivity (Wildman–Crippen MR) is 165 cm³/mol. The number of fused-ring (bicyclic) bond motifs is 1. The number of rotatable bonds is 11. The van der Waals surface area contributed by atoms with Crippen LogP contribution in [-0.2, 0) is 22.1 Å². The minimum Gasteiger partial charge on any atom is -0.493 e. The van der Waals surface area contributed by atoms with E-state index in [9.17, 15) is 18.5 Å². The van der Waals surface area contributed by atoms with Gasteiger partial charge in [-0.3, -0.25) is 4.79 Å². The molecule has 0 radical (unpaired) electrons. The Kier molecular flexibility index (Phi) is 8.46. The molecule has 7 nitrogen and oxygen atoms in total. The fraction of sp³-hybridized carbons (Fsp3) is 0.441. The Labute approximate surface area is 255 Å². The van der Waals surface area contributed by atoms with Crippen LogP contribution in [0.5, 0.6) is 17.2 Å². The zero-order valence-corrected chi connectivity index (χ0v) is 26.4. The van der Waals surface area contributed by atoms with Gasteiger partial charge in [0.1, 0.15) is 18.2 Å². The van der Waals surface area contributed by atoms with E-state index in [0.717, 1.165) is 18.4 Å². The third kappa shape index (κ3) is 6.79. The molecule has 2 aliphatic rings. The lowest BCUT2D eigenvalue weighted by Gasteiger charge is -2.30. The monoisotopic (exact) mass is 609 g/mol. The molecule has 1 fully saturated rings. The molecule has 2 N–H and O–H groups in total. The van der Waals surface area contributed by atoms with E-state index in [1.807, 2.05) is 39.8 Å². The van der Waals surface area contributed by atoms with Crippen molar-refractivity contribution in [1.82, 2.24) is 4.72 Å². The van der Waals surface area contributed by atoms with Gasteiger partial charge in [0.15, 0.2) is 17.3 Å². The van der Waals surface area contributed by atoms with E-state index in [-0.39, 0.29) is 37.2 Å². The quantitative estimate of drug-likeness (QED) is 0.239. The van der Waals surface area contributed by atoms with Crippen molar-refractivity contribution in [2.75, 3.05) is 13.7 Å². The van der Waals surface area contributed by atoms with Crippen molar-refractivity contribution in [3.05, 3.63) is 77.1 Å². The molecule has 0 amide bonds. The number of carbonyl (C=O) groups excluding carboxylic acids is 1. The molecule has 43 heavy (non-hydrogen) atoms. The molecule has 0 aromatic heterocycles. The van der Waals surface area contributed by atoms with Crippen molar-refractivity contribution in [2.45, 2.75) is 82.3 Å². The van der Waals surface area contributed by atoms with E-state index in [2.05, 4.69) is 4.72 Å². The smallest absolute Gasteiger partial charge is 0.163 e. The molecule has 9 heteroatoms. The first-order valence-electron chi connectivity index (χ1n) is 14.6. The highest BCUT2D eigenvalue weighted by molar-refractivity contribution is 7.84. The lowest BCUT2D eigenvalue weighted by Crippen LogP contribution is -2.47. The summed E-state index contributed by atoms with van der Waals surface area (Å²) < 4.78 is 47.2. The highest BCUT2D eigenvalue weighted by Crippen LogP contribution is 2.47. The van der Waals surface area contributed by atoms with Crippen molar-refractivity contribution in [2.24, 2.45) is 0 Å². The van der Waals surface area contributed by atoms with Crippen molar-refractivity contribution in [3.63, 3.8) is 0 Å². The number of halogens is 1. The first kappa shape index (κ1) is 31.2. The molecule has 3 unspecified atom stereocenters. The van der Waals surface area contributed by atoms with Crippen LogP contribution in [0.25, 0.3) is 11.1 Å². The van der Waals surface area contributed by atoms with Gasteiger partial charge in [0.2, 0.25) is 0 Å². The van der Waals surface area contributed by atoms with Gasteiger partial charge in [-0.05, 0) is 107 Å². The lowest BCUT2D eigenvalue weighted by atomic mass is 9.83. The van der Waals surface area contributed by atoms with Crippen LogP contribution in [0.15, 0.2) is 54.6 Å². The van der Waals surface area contributed by atoms with Gasteiger partial charge in [0.05, 0.1) is 40.1 Å². The molecule has 1 saturated carbocycles. The maximum Gasteiger partial charge on any atom is 0.163 e. The second-order valence-corrected chi connectivity index (χ2v) is 14.9. The van der Waals surface area contributed by atoms with Gasteiger partial charge < -0.3 is 19.3 Å². The summed E-state index contributed by atoms with van der Waals surface area (Å²) in [6, 6.07) is 14.9. The summed E-state index contributed by atoms with van der Waals surface area (Å²) in [5, 5.41) is 11.8. The molecule has 1 aliphatic carbocycles. The van der Waals surface area contributed by atoms with Crippen LogP contribution in [0.4, 0.5) is 4.39 Å². The van der Waals surface area contributed by atoms with E-state index in [1.165, 1.54) is 12.1 Å². The Hall–Kier alpha value is -3.27. The summed E-state index contributed by atoms with van der Waals surface area (Å²) in [7, 11) is 0.149.